The van der Waals surface area contributed by atoms with Crippen molar-refractivity contribution in [3.8, 4) is 21.8 Å². The number of H-pyrrole nitrogens is 1. The van der Waals surface area contributed by atoms with Crippen LogP contribution in [0.4, 0.5) is 5.82 Å². The molecule has 1 N–H and O–H groups in total. The van der Waals surface area contributed by atoms with Crippen LogP contribution in [-0.2, 0) is 14.6 Å². The highest BCUT2D eigenvalue weighted by molar-refractivity contribution is 7.90. The van der Waals surface area contributed by atoms with Crippen LogP contribution in [-0.4, -0.2) is 61.1 Å². The molecule has 34 heavy (non-hydrogen) atoms. The Hall–Kier alpha value is -3.34. The van der Waals surface area contributed by atoms with Crippen molar-refractivity contribution < 1.29 is 13.2 Å². The summed E-state index contributed by atoms with van der Waals surface area (Å²) < 4.78 is 29.7. The summed E-state index contributed by atoms with van der Waals surface area (Å²) in [5.74, 6) is 1.50. The van der Waals surface area contributed by atoms with Crippen LogP contribution in [0.5, 0.6) is 0 Å². The first-order valence-electron chi connectivity index (χ1n) is 10.8. The molecule has 1 fully saturated rings. The molecule has 0 radical (unpaired) electrons. The molecule has 6 rings (SSSR count). The van der Waals surface area contributed by atoms with Gasteiger partial charge >= 0.3 is 0 Å². The molecule has 1 aliphatic rings. The van der Waals surface area contributed by atoms with E-state index < -0.39 is 9.84 Å². The number of aromatic nitrogens is 4. The van der Waals surface area contributed by atoms with Crippen LogP contribution < -0.4 is 4.90 Å². The number of hydrogen-bond acceptors (Lipinski definition) is 8. The Bertz CT molecular complexity index is 1640. The number of ether oxygens (including phenoxy) is 1. The standard InChI is InChI=1S/C24H21N5O3S2/c1-34(30,31)16-5-2-4-15(12-16)21-13-18-23(29-8-10-32-11-9-29)26-22(27-24(18)33-21)17-6-3-7-20-19(17)14-25-28-20/h2-7,12-14H,8-11H2,1H3,(H,25,28). The number of anilines is 1. The highest BCUT2D eigenvalue weighted by atomic mass is 32.2. The zero-order valence-corrected chi connectivity index (χ0v) is 20.0. The molecule has 10 heteroatoms. The van der Waals surface area contributed by atoms with E-state index in [-0.39, 0.29) is 0 Å². The molecule has 8 nitrogen and oxygen atoms in total. The predicted octanol–water partition coefficient (Wildman–Crippen LogP) is 4.14. The fourth-order valence-corrected chi connectivity index (χ4v) is 5.92. The number of sulfone groups is 1. The summed E-state index contributed by atoms with van der Waals surface area (Å²) in [4.78, 5) is 14.3. The van der Waals surface area contributed by atoms with Crippen LogP contribution in [0.2, 0.25) is 0 Å². The van der Waals surface area contributed by atoms with Crippen molar-refractivity contribution in [2.45, 2.75) is 4.90 Å². The van der Waals surface area contributed by atoms with E-state index >= 15 is 0 Å². The Morgan fingerprint density at radius 3 is 2.68 bits per heavy atom. The lowest BCUT2D eigenvalue weighted by molar-refractivity contribution is 0.122. The molecule has 0 aliphatic carbocycles. The quantitative estimate of drug-likeness (QED) is 0.403. The fourth-order valence-electron chi connectivity index (χ4n) is 4.23. The van der Waals surface area contributed by atoms with Gasteiger partial charge in [0.1, 0.15) is 10.6 Å². The van der Waals surface area contributed by atoms with Gasteiger partial charge in [-0.05, 0) is 29.8 Å². The number of morpholine rings is 1. The normalized spacial score (nSPS) is 14.8. The first kappa shape index (κ1) is 21.2. The summed E-state index contributed by atoms with van der Waals surface area (Å²) >= 11 is 1.54. The van der Waals surface area contributed by atoms with Gasteiger partial charge in [-0.2, -0.15) is 5.10 Å². The van der Waals surface area contributed by atoms with Crippen molar-refractivity contribution in [3.63, 3.8) is 0 Å². The van der Waals surface area contributed by atoms with Crippen molar-refractivity contribution in [1.29, 1.82) is 0 Å². The summed E-state index contributed by atoms with van der Waals surface area (Å²) in [6.45, 7) is 2.78. The second-order valence-electron chi connectivity index (χ2n) is 8.24. The number of nitrogens with zero attached hydrogens (tertiary/aromatic N) is 4. The van der Waals surface area contributed by atoms with Crippen LogP contribution in [0.3, 0.4) is 0 Å². The Labute approximate surface area is 200 Å². The lowest BCUT2D eigenvalue weighted by atomic mass is 10.1. The third kappa shape index (κ3) is 3.73. The lowest BCUT2D eigenvalue weighted by Gasteiger charge is -2.28. The van der Waals surface area contributed by atoms with Gasteiger partial charge in [-0.25, -0.2) is 18.4 Å². The third-order valence-electron chi connectivity index (χ3n) is 5.96. The van der Waals surface area contributed by atoms with E-state index in [1.54, 1.807) is 24.4 Å². The van der Waals surface area contributed by atoms with Crippen LogP contribution in [0.15, 0.2) is 59.6 Å². The first-order valence-corrected chi connectivity index (χ1v) is 13.6. The van der Waals surface area contributed by atoms with Gasteiger partial charge in [-0.3, -0.25) is 5.10 Å². The van der Waals surface area contributed by atoms with Crippen molar-refractivity contribution in [1.82, 2.24) is 20.2 Å². The molecular formula is C24H21N5O3S2. The van der Waals surface area contributed by atoms with Crippen molar-refractivity contribution >= 4 is 48.1 Å². The molecule has 0 spiro atoms. The molecule has 0 amide bonds. The van der Waals surface area contributed by atoms with Gasteiger partial charge < -0.3 is 9.64 Å². The molecule has 0 unspecified atom stereocenters. The zero-order valence-electron chi connectivity index (χ0n) is 18.4. The van der Waals surface area contributed by atoms with Crippen molar-refractivity contribution in [2.75, 3.05) is 37.5 Å². The molecule has 1 saturated heterocycles. The average Bonchev–Trinajstić information content (AvgIpc) is 3.50. The second-order valence-corrected chi connectivity index (χ2v) is 11.3. The van der Waals surface area contributed by atoms with Crippen LogP contribution in [0, 0.1) is 0 Å². The van der Waals surface area contributed by atoms with E-state index in [1.807, 2.05) is 24.3 Å². The third-order valence-corrected chi connectivity index (χ3v) is 8.14. The average molecular weight is 492 g/mol. The maximum absolute atomic E-state index is 12.1. The van der Waals surface area contributed by atoms with Gasteiger partial charge in [0.15, 0.2) is 15.7 Å². The first-order chi connectivity index (χ1) is 16.5. The summed E-state index contributed by atoms with van der Waals surface area (Å²) in [6.07, 6.45) is 3.02. The molecule has 2 aromatic carbocycles. The summed E-state index contributed by atoms with van der Waals surface area (Å²) in [5, 5.41) is 9.11. The Morgan fingerprint density at radius 1 is 1.03 bits per heavy atom. The maximum atomic E-state index is 12.1. The van der Waals surface area contributed by atoms with E-state index in [0.29, 0.717) is 23.9 Å². The predicted molar refractivity (Wildman–Crippen MR) is 134 cm³/mol. The molecular weight excluding hydrogens is 470 g/mol. The van der Waals surface area contributed by atoms with Crippen LogP contribution in [0.1, 0.15) is 0 Å². The summed E-state index contributed by atoms with van der Waals surface area (Å²) in [5.41, 5.74) is 2.69. The van der Waals surface area contributed by atoms with Crippen LogP contribution in [0.25, 0.3) is 42.9 Å². The number of hydrogen-bond donors (Lipinski definition) is 1. The second kappa shape index (κ2) is 8.15. The van der Waals surface area contributed by atoms with Crippen molar-refractivity contribution in [2.24, 2.45) is 0 Å². The number of thiophene rings is 1. The zero-order chi connectivity index (χ0) is 23.3. The van der Waals surface area contributed by atoms with Gasteiger partial charge in [0, 0.05) is 35.2 Å². The van der Waals surface area contributed by atoms with E-state index in [1.165, 1.54) is 17.6 Å². The molecule has 0 atom stereocenters. The minimum Gasteiger partial charge on any atom is -0.378 e. The van der Waals surface area contributed by atoms with E-state index in [4.69, 9.17) is 14.7 Å². The minimum atomic E-state index is -3.30. The molecule has 172 valence electrons. The number of fused-ring (bicyclic) bond motifs is 2. The summed E-state index contributed by atoms with van der Waals surface area (Å²) in [6, 6.07) is 15.0. The van der Waals surface area contributed by atoms with Crippen LogP contribution >= 0.6 is 11.3 Å². The number of benzene rings is 2. The van der Waals surface area contributed by atoms with Crippen molar-refractivity contribution in [3.05, 3.63) is 54.7 Å². The largest absolute Gasteiger partial charge is 0.378 e. The fraction of sp³-hybridized carbons (Fsp3) is 0.208. The topological polar surface area (TPSA) is 101 Å². The molecule has 5 aromatic rings. The highest BCUT2D eigenvalue weighted by Crippen LogP contribution is 2.39. The van der Waals surface area contributed by atoms with Gasteiger partial charge in [-0.1, -0.05) is 24.3 Å². The van der Waals surface area contributed by atoms with Gasteiger partial charge in [0.25, 0.3) is 0 Å². The molecule has 4 heterocycles. The smallest absolute Gasteiger partial charge is 0.175 e. The summed E-state index contributed by atoms with van der Waals surface area (Å²) in [7, 11) is -3.30. The number of aromatic amines is 1. The van der Waals surface area contributed by atoms with E-state index in [9.17, 15) is 8.42 Å². The Kier molecular flexibility index (Phi) is 5.09. The van der Waals surface area contributed by atoms with Gasteiger partial charge in [-0.15, -0.1) is 11.3 Å². The van der Waals surface area contributed by atoms with Gasteiger partial charge in [0.2, 0.25) is 0 Å². The highest BCUT2D eigenvalue weighted by Gasteiger charge is 2.21. The Balaban J connectivity index is 1.56. The van der Waals surface area contributed by atoms with E-state index in [0.717, 1.165) is 56.0 Å². The molecule has 0 bridgehead atoms. The lowest BCUT2D eigenvalue weighted by Crippen LogP contribution is -2.37. The molecule has 0 saturated carbocycles. The number of nitrogens with one attached hydrogen (secondary N) is 1. The maximum Gasteiger partial charge on any atom is 0.175 e. The minimum absolute atomic E-state index is 0.300. The SMILES string of the molecule is CS(=O)(=O)c1cccc(-c2cc3c(N4CCOCC4)nc(-c4cccc5[nH]ncc45)nc3s2)c1. The number of rotatable bonds is 4. The Morgan fingerprint density at radius 2 is 1.85 bits per heavy atom. The molecule has 3 aromatic heterocycles. The van der Waals surface area contributed by atoms with Gasteiger partial charge in [0.05, 0.1) is 35.2 Å². The monoisotopic (exact) mass is 491 g/mol. The van der Waals surface area contributed by atoms with E-state index in [2.05, 4.69) is 21.2 Å². The molecule has 1 aliphatic heterocycles.